The van der Waals surface area contributed by atoms with Crippen LogP contribution in [0.25, 0.3) is 0 Å². The Morgan fingerprint density at radius 3 is 2.95 bits per heavy atom. The molecule has 0 aliphatic heterocycles. The molecule has 0 spiro atoms. The second-order valence-electron chi connectivity index (χ2n) is 4.40. The van der Waals surface area contributed by atoms with Gasteiger partial charge in [0.2, 0.25) is 5.95 Å². The lowest BCUT2D eigenvalue weighted by molar-refractivity contribution is 0.885. The fraction of sp³-hybridized carbons (Fsp3) is 0.214. The number of nitriles is 1. The number of aromatic nitrogens is 2. The number of anilines is 2. The summed E-state index contributed by atoms with van der Waals surface area (Å²) in [7, 11) is 1.94. The molecule has 0 amide bonds. The first-order valence-electron chi connectivity index (χ1n) is 5.89. The van der Waals surface area contributed by atoms with Gasteiger partial charge in [-0.15, -0.1) is 0 Å². The molecule has 0 aliphatic rings. The van der Waals surface area contributed by atoms with Crippen LogP contribution < -0.4 is 10.6 Å². The van der Waals surface area contributed by atoms with Crippen LogP contribution in [0.2, 0.25) is 0 Å². The number of nitrogen functional groups attached to an aromatic ring is 1. The van der Waals surface area contributed by atoms with E-state index < -0.39 is 0 Å². The van der Waals surface area contributed by atoms with Crippen LogP contribution in [0, 0.1) is 18.3 Å². The van der Waals surface area contributed by atoms with Crippen LogP contribution in [0.4, 0.5) is 11.8 Å². The molecule has 0 radical (unpaired) electrons. The minimum atomic E-state index is 0.262. The molecule has 0 fully saturated rings. The normalized spacial score (nSPS) is 9.95. The van der Waals surface area contributed by atoms with E-state index in [0.717, 1.165) is 16.9 Å². The summed E-state index contributed by atoms with van der Waals surface area (Å²) in [6, 6.07) is 9.66. The van der Waals surface area contributed by atoms with Crippen LogP contribution in [0.1, 0.15) is 16.7 Å². The van der Waals surface area contributed by atoms with E-state index in [-0.39, 0.29) is 5.95 Å². The molecule has 96 valence electrons. The predicted octanol–water partition coefficient (Wildman–Crippen LogP) is 1.88. The first-order chi connectivity index (χ1) is 9.10. The maximum absolute atomic E-state index is 8.89. The Kier molecular flexibility index (Phi) is 3.62. The number of nitrogens with zero attached hydrogens (tertiary/aromatic N) is 4. The minimum absolute atomic E-state index is 0.262. The van der Waals surface area contributed by atoms with Gasteiger partial charge in [0.15, 0.2) is 0 Å². The topological polar surface area (TPSA) is 78.8 Å². The smallest absolute Gasteiger partial charge is 0.221 e. The molecule has 5 nitrogen and oxygen atoms in total. The molecule has 2 N–H and O–H groups in total. The van der Waals surface area contributed by atoms with Crippen molar-refractivity contribution in [3.05, 3.63) is 47.2 Å². The number of hydrogen-bond donors (Lipinski definition) is 1. The predicted molar refractivity (Wildman–Crippen MR) is 74.4 cm³/mol. The summed E-state index contributed by atoms with van der Waals surface area (Å²) in [5.41, 5.74) is 8.29. The standard InChI is InChI=1S/C14H15N5/c1-10-8-17-14(16)18-13(10)19(2)9-12-5-3-4-11(6-12)7-15/h3-6,8H,9H2,1-2H3,(H2,16,17,18). The van der Waals surface area contributed by atoms with Gasteiger partial charge in [-0.1, -0.05) is 12.1 Å². The molecule has 1 aromatic carbocycles. The summed E-state index contributed by atoms with van der Waals surface area (Å²) in [5.74, 6) is 1.06. The Morgan fingerprint density at radius 1 is 1.42 bits per heavy atom. The SMILES string of the molecule is Cc1cnc(N)nc1N(C)Cc1cccc(C#N)c1. The molecule has 0 bridgehead atoms. The lowest BCUT2D eigenvalue weighted by Gasteiger charge is -2.20. The van der Waals surface area contributed by atoms with Crippen LogP contribution in [-0.2, 0) is 6.54 Å². The van der Waals surface area contributed by atoms with Gasteiger partial charge in [-0.3, -0.25) is 0 Å². The van der Waals surface area contributed by atoms with Crippen molar-refractivity contribution in [3.8, 4) is 6.07 Å². The van der Waals surface area contributed by atoms with Gasteiger partial charge in [0, 0.05) is 25.4 Å². The third-order valence-corrected chi connectivity index (χ3v) is 2.80. The lowest BCUT2D eigenvalue weighted by Crippen LogP contribution is -2.19. The van der Waals surface area contributed by atoms with Gasteiger partial charge in [0.1, 0.15) is 5.82 Å². The maximum atomic E-state index is 8.89. The van der Waals surface area contributed by atoms with Gasteiger partial charge in [0.25, 0.3) is 0 Å². The quantitative estimate of drug-likeness (QED) is 0.903. The molecule has 0 atom stereocenters. The van der Waals surface area contributed by atoms with Gasteiger partial charge < -0.3 is 10.6 Å². The van der Waals surface area contributed by atoms with E-state index in [9.17, 15) is 0 Å². The zero-order valence-corrected chi connectivity index (χ0v) is 11.0. The van der Waals surface area contributed by atoms with Gasteiger partial charge in [-0.05, 0) is 24.6 Å². The average molecular weight is 253 g/mol. The number of nitrogens with two attached hydrogens (primary N) is 1. The van der Waals surface area contributed by atoms with Crippen molar-refractivity contribution in [2.24, 2.45) is 0 Å². The van der Waals surface area contributed by atoms with Crippen molar-refractivity contribution < 1.29 is 0 Å². The molecule has 1 aromatic heterocycles. The molecular weight excluding hydrogens is 238 g/mol. The molecular formula is C14H15N5. The second-order valence-corrected chi connectivity index (χ2v) is 4.40. The summed E-state index contributed by atoms with van der Waals surface area (Å²) in [5, 5.41) is 8.89. The number of hydrogen-bond acceptors (Lipinski definition) is 5. The fourth-order valence-electron chi connectivity index (χ4n) is 1.92. The summed E-state index contributed by atoms with van der Waals surface area (Å²) >= 11 is 0. The molecule has 5 heteroatoms. The van der Waals surface area contributed by atoms with Gasteiger partial charge in [0.05, 0.1) is 11.6 Å². The van der Waals surface area contributed by atoms with E-state index >= 15 is 0 Å². The van der Waals surface area contributed by atoms with Gasteiger partial charge >= 0.3 is 0 Å². The third-order valence-electron chi connectivity index (χ3n) is 2.80. The second kappa shape index (κ2) is 5.36. The van der Waals surface area contributed by atoms with E-state index in [2.05, 4.69) is 16.0 Å². The monoisotopic (exact) mass is 253 g/mol. The van der Waals surface area contributed by atoms with Gasteiger partial charge in [-0.2, -0.15) is 10.2 Å². The third kappa shape index (κ3) is 2.99. The zero-order valence-electron chi connectivity index (χ0n) is 11.0. The Bertz CT molecular complexity index is 630. The van der Waals surface area contributed by atoms with Crippen molar-refractivity contribution in [2.45, 2.75) is 13.5 Å². The molecule has 2 aromatic rings. The minimum Gasteiger partial charge on any atom is -0.368 e. The summed E-state index contributed by atoms with van der Waals surface area (Å²) in [6.07, 6.45) is 1.71. The van der Waals surface area contributed by atoms with Crippen molar-refractivity contribution in [1.29, 1.82) is 5.26 Å². The molecule has 0 aliphatic carbocycles. The molecule has 2 rings (SSSR count). The van der Waals surface area contributed by atoms with Crippen LogP contribution in [0.15, 0.2) is 30.5 Å². The Balaban J connectivity index is 2.23. The van der Waals surface area contributed by atoms with E-state index in [1.165, 1.54) is 0 Å². The highest BCUT2D eigenvalue weighted by molar-refractivity contribution is 5.48. The first-order valence-corrected chi connectivity index (χ1v) is 5.89. The van der Waals surface area contributed by atoms with E-state index in [1.54, 1.807) is 12.3 Å². The summed E-state index contributed by atoms with van der Waals surface area (Å²) in [6.45, 7) is 2.60. The number of rotatable bonds is 3. The van der Waals surface area contributed by atoms with Crippen LogP contribution in [0.3, 0.4) is 0 Å². The Morgan fingerprint density at radius 2 is 2.21 bits per heavy atom. The molecule has 0 saturated carbocycles. The highest BCUT2D eigenvalue weighted by Gasteiger charge is 2.08. The summed E-state index contributed by atoms with van der Waals surface area (Å²) < 4.78 is 0. The molecule has 19 heavy (non-hydrogen) atoms. The molecule has 0 saturated heterocycles. The molecule has 1 heterocycles. The average Bonchev–Trinajstić information content (AvgIpc) is 2.41. The largest absolute Gasteiger partial charge is 0.368 e. The number of aryl methyl sites for hydroxylation is 1. The van der Waals surface area contributed by atoms with Crippen molar-refractivity contribution in [1.82, 2.24) is 9.97 Å². The van der Waals surface area contributed by atoms with Gasteiger partial charge in [-0.25, -0.2) is 4.98 Å². The fourth-order valence-corrected chi connectivity index (χ4v) is 1.92. The van der Waals surface area contributed by atoms with E-state index in [4.69, 9.17) is 11.0 Å². The highest BCUT2D eigenvalue weighted by Crippen LogP contribution is 2.18. The maximum Gasteiger partial charge on any atom is 0.221 e. The van der Waals surface area contributed by atoms with E-state index in [1.807, 2.05) is 37.1 Å². The van der Waals surface area contributed by atoms with Crippen LogP contribution >= 0.6 is 0 Å². The van der Waals surface area contributed by atoms with Crippen LogP contribution in [0.5, 0.6) is 0 Å². The Hall–Kier alpha value is -2.61. The number of benzene rings is 1. The first kappa shape index (κ1) is 12.8. The lowest BCUT2D eigenvalue weighted by atomic mass is 10.1. The Labute approximate surface area is 112 Å². The van der Waals surface area contributed by atoms with Crippen molar-refractivity contribution in [2.75, 3.05) is 17.7 Å². The van der Waals surface area contributed by atoms with E-state index in [0.29, 0.717) is 12.1 Å². The molecule has 0 unspecified atom stereocenters. The highest BCUT2D eigenvalue weighted by atomic mass is 15.2. The van der Waals surface area contributed by atoms with Crippen molar-refractivity contribution >= 4 is 11.8 Å². The van der Waals surface area contributed by atoms with Crippen molar-refractivity contribution in [3.63, 3.8) is 0 Å². The van der Waals surface area contributed by atoms with Crippen LogP contribution in [-0.4, -0.2) is 17.0 Å². The summed E-state index contributed by atoms with van der Waals surface area (Å²) in [4.78, 5) is 10.2. The zero-order chi connectivity index (χ0) is 13.8.